The van der Waals surface area contributed by atoms with Crippen LogP contribution in [0.2, 0.25) is 0 Å². The van der Waals surface area contributed by atoms with Crippen LogP contribution in [0.25, 0.3) is 11.2 Å². The van der Waals surface area contributed by atoms with Crippen molar-refractivity contribution in [2.45, 2.75) is 20.8 Å². The van der Waals surface area contributed by atoms with E-state index in [4.69, 9.17) is 0 Å². The molecule has 4 heteroatoms. The van der Waals surface area contributed by atoms with Crippen LogP contribution in [-0.4, -0.2) is 20.7 Å². The van der Waals surface area contributed by atoms with E-state index >= 15 is 0 Å². The molecule has 0 unspecified atom stereocenters. The van der Waals surface area contributed by atoms with E-state index in [1.165, 1.54) is 0 Å². The van der Waals surface area contributed by atoms with Crippen LogP contribution < -0.4 is 0 Å². The minimum atomic E-state index is -0.402. The molecule has 0 saturated heterocycles. The van der Waals surface area contributed by atoms with Gasteiger partial charge in [0, 0.05) is 5.41 Å². The second-order valence-electron chi connectivity index (χ2n) is 4.55. The van der Waals surface area contributed by atoms with Crippen molar-refractivity contribution in [3.05, 3.63) is 24.2 Å². The summed E-state index contributed by atoms with van der Waals surface area (Å²) in [4.78, 5) is 23.1. The van der Waals surface area contributed by atoms with Crippen LogP contribution in [0.3, 0.4) is 0 Å². The third kappa shape index (κ3) is 1.75. The number of carbonyl (C=O) groups is 1. The van der Waals surface area contributed by atoms with Gasteiger partial charge in [-0.2, -0.15) is 0 Å². The second kappa shape index (κ2) is 3.15. The van der Waals surface area contributed by atoms with Crippen LogP contribution in [0.1, 0.15) is 31.3 Å². The first kappa shape index (κ1) is 9.83. The van der Waals surface area contributed by atoms with E-state index in [9.17, 15) is 4.79 Å². The molecule has 1 N–H and O–H groups in total. The molecule has 0 aromatic carbocycles. The molecule has 0 radical (unpaired) electrons. The van der Waals surface area contributed by atoms with Gasteiger partial charge in [-0.3, -0.25) is 4.79 Å². The molecule has 0 amide bonds. The normalized spacial score (nSPS) is 11.9. The molecule has 0 saturated carbocycles. The van der Waals surface area contributed by atoms with Crippen molar-refractivity contribution in [1.29, 1.82) is 0 Å². The Labute approximate surface area is 87.7 Å². The molecule has 2 aromatic rings. The maximum atomic E-state index is 11.9. The highest BCUT2D eigenvalue weighted by molar-refractivity contribution is 5.99. The zero-order valence-corrected chi connectivity index (χ0v) is 9.03. The Bertz CT molecular complexity index is 508. The Morgan fingerprint density at radius 2 is 2.07 bits per heavy atom. The molecule has 78 valence electrons. The number of Topliss-reactive ketones (excluding diaryl/α,β-unsaturated/α-hetero) is 1. The summed E-state index contributed by atoms with van der Waals surface area (Å²) in [6, 6.07) is 3.52. The van der Waals surface area contributed by atoms with Gasteiger partial charge in [0.25, 0.3) is 0 Å². The van der Waals surface area contributed by atoms with Gasteiger partial charge in [-0.25, -0.2) is 9.97 Å². The van der Waals surface area contributed by atoms with E-state index in [1.807, 2.05) is 20.8 Å². The number of nitrogens with one attached hydrogen (secondary N) is 1. The van der Waals surface area contributed by atoms with E-state index < -0.39 is 5.41 Å². The van der Waals surface area contributed by atoms with E-state index in [0.29, 0.717) is 11.3 Å². The quantitative estimate of drug-likeness (QED) is 0.723. The van der Waals surface area contributed by atoms with Gasteiger partial charge in [0.15, 0.2) is 11.4 Å². The van der Waals surface area contributed by atoms with Crippen LogP contribution in [0.15, 0.2) is 18.5 Å². The average Bonchev–Trinajstić information content (AvgIpc) is 2.61. The lowest BCUT2D eigenvalue weighted by molar-refractivity contribution is 0.0853. The molecule has 0 spiro atoms. The summed E-state index contributed by atoms with van der Waals surface area (Å²) < 4.78 is 0. The number of imidazole rings is 1. The van der Waals surface area contributed by atoms with Crippen molar-refractivity contribution in [1.82, 2.24) is 15.0 Å². The number of rotatable bonds is 1. The first-order chi connectivity index (χ1) is 6.98. The van der Waals surface area contributed by atoms with Crippen molar-refractivity contribution in [2.24, 2.45) is 5.41 Å². The van der Waals surface area contributed by atoms with Crippen molar-refractivity contribution in [3.63, 3.8) is 0 Å². The van der Waals surface area contributed by atoms with Crippen LogP contribution in [0.5, 0.6) is 0 Å². The first-order valence-electron chi connectivity index (χ1n) is 4.83. The lowest BCUT2D eigenvalue weighted by atomic mass is 9.89. The maximum absolute atomic E-state index is 11.9. The van der Waals surface area contributed by atoms with Gasteiger partial charge in [0.1, 0.15) is 11.2 Å². The highest BCUT2D eigenvalue weighted by Crippen LogP contribution is 2.20. The van der Waals surface area contributed by atoms with Gasteiger partial charge in [-0.15, -0.1) is 0 Å². The number of hydrogen-bond donors (Lipinski definition) is 1. The van der Waals surface area contributed by atoms with Crippen LogP contribution >= 0.6 is 0 Å². The number of carbonyl (C=O) groups excluding carboxylic acids is 1. The number of ketones is 1. The van der Waals surface area contributed by atoms with E-state index in [1.54, 1.807) is 18.5 Å². The Morgan fingerprint density at radius 3 is 2.73 bits per heavy atom. The lowest BCUT2D eigenvalue weighted by Gasteiger charge is -2.15. The summed E-state index contributed by atoms with van der Waals surface area (Å²) in [6.45, 7) is 5.65. The zero-order chi connectivity index (χ0) is 11.1. The van der Waals surface area contributed by atoms with Gasteiger partial charge in [-0.1, -0.05) is 20.8 Å². The monoisotopic (exact) mass is 203 g/mol. The molecule has 15 heavy (non-hydrogen) atoms. The van der Waals surface area contributed by atoms with Crippen molar-refractivity contribution in [3.8, 4) is 0 Å². The van der Waals surface area contributed by atoms with Crippen molar-refractivity contribution in [2.75, 3.05) is 0 Å². The van der Waals surface area contributed by atoms with Gasteiger partial charge in [0.05, 0.1) is 6.33 Å². The summed E-state index contributed by atoms with van der Waals surface area (Å²) >= 11 is 0. The Hall–Kier alpha value is -1.71. The second-order valence-corrected chi connectivity index (χ2v) is 4.55. The van der Waals surface area contributed by atoms with Crippen molar-refractivity contribution < 1.29 is 4.79 Å². The van der Waals surface area contributed by atoms with Gasteiger partial charge < -0.3 is 4.98 Å². The molecule has 0 aliphatic rings. The number of nitrogens with zero attached hydrogens (tertiary/aromatic N) is 2. The molecular formula is C11H13N3O. The summed E-state index contributed by atoms with van der Waals surface area (Å²) in [5.41, 5.74) is 1.52. The van der Waals surface area contributed by atoms with Gasteiger partial charge >= 0.3 is 0 Å². The van der Waals surface area contributed by atoms with E-state index in [-0.39, 0.29) is 5.78 Å². The van der Waals surface area contributed by atoms with E-state index in [0.717, 1.165) is 5.52 Å². The van der Waals surface area contributed by atoms with Gasteiger partial charge in [-0.05, 0) is 12.1 Å². The smallest absolute Gasteiger partial charge is 0.186 e. The SMILES string of the molecule is CC(C)(C)C(=O)c1ccc2nc[nH]c2n1. The highest BCUT2D eigenvalue weighted by Gasteiger charge is 2.24. The average molecular weight is 203 g/mol. The van der Waals surface area contributed by atoms with Crippen LogP contribution in [0.4, 0.5) is 0 Å². The molecule has 0 bridgehead atoms. The fourth-order valence-electron chi connectivity index (χ4n) is 1.34. The van der Waals surface area contributed by atoms with Gasteiger partial charge in [0.2, 0.25) is 0 Å². The molecule has 2 heterocycles. The number of H-pyrrole nitrogens is 1. The fourth-order valence-corrected chi connectivity index (χ4v) is 1.34. The molecule has 0 aliphatic carbocycles. The molecule has 2 rings (SSSR count). The summed E-state index contributed by atoms with van der Waals surface area (Å²) in [6.07, 6.45) is 1.57. The topological polar surface area (TPSA) is 58.6 Å². The predicted octanol–water partition coefficient (Wildman–Crippen LogP) is 2.19. The van der Waals surface area contributed by atoms with Crippen LogP contribution in [-0.2, 0) is 0 Å². The number of hydrogen-bond acceptors (Lipinski definition) is 3. The number of aromatic amines is 1. The summed E-state index contributed by atoms with van der Waals surface area (Å²) in [5.74, 6) is 0.0407. The third-order valence-electron chi connectivity index (χ3n) is 2.19. The third-order valence-corrected chi connectivity index (χ3v) is 2.19. The largest absolute Gasteiger partial charge is 0.329 e. The van der Waals surface area contributed by atoms with Crippen molar-refractivity contribution >= 4 is 16.9 Å². The standard InChI is InChI=1S/C11H13N3O/c1-11(2,3)9(15)7-4-5-8-10(14-7)13-6-12-8/h4-6H,1-3H3,(H,12,13,14). The Morgan fingerprint density at radius 1 is 1.33 bits per heavy atom. The van der Waals surface area contributed by atoms with Crippen LogP contribution in [0, 0.1) is 5.41 Å². The number of aromatic nitrogens is 3. The fraction of sp³-hybridized carbons (Fsp3) is 0.364. The first-order valence-corrected chi connectivity index (χ1v) is 4.83. The number of fused-ring (bicyclic) bond motifs is 1. The minimum absolute atomic E-state index is 0.0407. The Kier molecular flexibility index (Phi) is 2.07. The predicted molar refractivity (Wildman–Crippen MR) is 57.7 cm³/mol. The zero-order valence-electron chi connectivity index (χ0n) is 9.03. The highest BCUT2D eigenvalue weighted by atomic mass is 16.1. The summed E-state index contributed by atoms with van der Waals surface area (Å²) in [7, 11) is 0. The molecule has 0 aliphatic heterocycles. The summed E-state index contributed by atoms with van der Waals surface area (Å²) in [5, 5.41) is 0. The number of pyridine rings is 1. The molecule has 4 nitrogen and oxygen atoms in total. The van der Waals surface area contributed by atoms with E-state index in [2.05, 4.69) is 15.0 Å². The molecule has 2 aromatic heterocycles. The minimum Gasteiger partial charge on any atom is -0.329 e. The molecule has 0 atom stereocenters. The maximum Gasteiger partial charge on any atom is 0.186 e. The molecule has 0 fully saturated rings. The molecular weight excluding hydrogens is 190 g/mol. The lowest BCUT2D eigenvalue weighted by Crippen LogP contribution is -2.21. The Balaban J connectivity index is 2.49.